The summed E-state index contributed by atoms with van der Waals surface area (Å²) in [7, 11) is 0. The molecule has 0 saturated carbocycles. The van der Waals surface area contributed by atoms with E-state index >= 15 is 0 Å². The number of hydrogen-bond acceptors (Lipinski definition) is 4. The lowest BCUT2D eigenvalue weighted by atomic mass is 9.74. The van der Waals surface area contributed by atoms with Crippen molar-refractivity contribution in [2.24, 2.45) is 5.41 Å². The summed E-state index contributed by atoms with van der Waals surface area (Å²) < 4.78 is 0. The van der Waals surface area contributed by atoms with E-state index in [4.69, 9.17) is 0 Å². The van der Waals surface area contributed by atoms with Gasteiger partial charge in [-0.15, -0.1) is 0 Å². The Kier molecular flexibility index (Phi) is 5.12. The van der Waals surface area contributed by atoms with E-state index < -0.39 is 0 Å². The first kappa shape index (κ1) is 20.6. The standard InChI is InChI=1S/C28H25N5O/c34-27(33-18-28(19-33)12-4-14-30-17-28)21-9-11-26-24(15-21)25(31-32-26)10-8-20-5-1-2-7-23(20)22-6-3-13-29-16-22/h1-3,5-7,9,11,13,15-16,30H,4,12,14,17-19H2,(H,31,32). The Labute approximate surface area is 198 Å². The molecule has 2 saturated heterocycles. The highest BCUT2D eigenvalue weighted by atomic mass is 16.2. The van der Waals surface area contributed by atoms with Gasteiger partial charge in [0.2, 0.25) is 0 Å². The number of rotatable bonds is 2. The fourth-order valence-corrected chi connectivity index (χ4v) is 5.12. The molecule has 1 spiro atoms. The zero-order valence-corrected chi connectivity index (χ0v) is 18.8. The molecule has 2 fully saturated rings. The van der Waals surface area contributed by atoms with E-state index in [1.54, 1.807) is 6.20 Å². The Morgan fingerprint density at radius 1 is 1.06 bits per heavy atom. The van der Waals surface area contributed by atoms with Crippen LogP contribution in [0.2, 0.25) is 0 Å². The van der Waals surface area contributed by atoms with Crippen LogP contribution in [0.5, 0.6) is 0 Å². The second kappa shape index (κ2) is 8.44. The van der Waals surface area contributed by atoms with Gasteiger partial charge in [0, 0.05) is 59.5 Å². The Bertz CT molecular complexity index is 1420. The molecule has 6 nitrogen and oxygen atoms in total. The van der Waals surface area contributed by atoms with Crippen LogP contribution in [0.25, 0.3) is 22.0 Å². The summed E-state index contributed by atoms with van der Waals surface area (Å²) in [6, 6.07) is 17.7. The molecule has 0 bridgehead atoms. The second-order valence-electron chi connectivity index (χ2n) is 9.31. The number of piperidine rings is 1. The summed E-state index contributed by atoms with van der Waals surface area (Å²) in [5, 5.41) is 11.8. The smallest absolute Gasteiger partial charge is 0.253 e. The Hall–Kier alpha value is -3.95. The minimum atomic E-state index is 0.0835. The van der Waals surface area contributed by atoms with Gasteiger partial charge in [-0.2, -0.15) is 5.10 Å². The van der Waals surface area contributed by atoms with Crippen LogP contribution in [0.3, 0.4) is 0 Å². The lowest BCUT2D eigenvalue weighted by molar-refractivity contribution is -0.00721. The first-order valence-electron chi connectivity index (χ1n) is 11.7. The highest BCUT2D eigenvalue weighted by Gasteiger charge is 2.45. The number of likely N-dealkylation sites (tertiary alicyclic amines) is 1. The number of hydrogen-bond donors (Lipinski definition) is 2. The van der Waals surface area contributed by atoms with E-state index in [0.29, 0.717) is 11.3 Å². The molecule has 2 aromatic carbocycles. The van der Waals surface area contributed by atoms with Crippen LogP contribution in [0, 0.1) is 17.3 Å². The number of benzene rings is 2. The summed E-state index contributed by atoms with van der Waals surface area (Å²) >= 11 is 0. The third kappa shape index (κ3) is 3.74. The number of amides is 1. The number of carbonyl (C=O) groups is 1. The third-order valence-corrected chi connectivity index (χ3v) is 6.92. The molecule has 0 unspecified atom stereocenters. The number of pyridine rings is 1. The zero-order chi connectivity index (χ0) is 23.0. The highest BCUT2D eigenvalue weighted by Crippen LogP contribution is 2.37. The number of nitrogens with zero attached hydrogens (tertiary/aromatic N) is 3. The molecule has 6 rings (SSSR count). The summed E-state index contributed by atoms with van der Waals surface area (Å²) in [4.78, 5) is 19.3. The van der Waals surface area contributed by atoms with E-state index in [9.17, 15) is 4.79 Å². The van der Waals surface area contributed by atoms with Gasteiger partial charge in [0.25, 0.3) is 5.91 Å². The number of aromatic nitrogens is 3. The van der Waals surface area contributed by atoms with E-state index in [1.165, 1.54) is 12.8 Å². The van der Waals surface area contributed by atoms with Gasteiger partial charge in [-0.1, -0.05) is 30.2 Å². The zero-order valence-electron chi connectivity index (χ0n) is 18.8. The van der Waals surface area contributed by atoms with E-state index in [-0.39, 0.29) is 11.3 Å². The van der Waals surface area contributed by atoms with Crippen molar-refractivity contribution in [3.8, 4) is 23.0 Å². The lowest BCUT2D eigenvalue weighted by Crippen LogP contribution is -2.63. The maximum atomic E-state index is 13.1. The molecule has 34 heavy (non-hydrogen) atoms. The SMILES string of the molecule is O=C(c1ccc2n[nH]c(C#Cc3ccccc3-c3cccnc3)c2c1)N1CC2(CCCNC2)C1. The molecule has 1 amide bonds. The van der Waals surface area contributed by atoms with Crippen LogP contribution >= 0.6 is 0 Å². The summed E-state index contributed by atoms with van der Waals surface area (Å²) in [5.41, 5.74) is 5.44. The molecule has 168 valence electrons. The van der Waals surface area contributed by atoms with Crippen molar-refractivity contribution in [1.82, 2.24) is 25.4 Å². The first-order chi connectivity index (χ1) is 16.7. The molecule has 6 heteroatoms. The first-order valence-corrected chi connectivity index (χ1v) is 11.7. The molecule has 2 aliphatic rings. The quantitative estimate of drug-likeness (QED) is 0.458. The van der Waals surface area contributed by atoms with Crippen molar-refractivity contribution >= 4 is 16.8 Å². The van der Waals surface area contributed by atoms with Crippen molar-refractivity contribution in [3.05, 3.63) is 83.8 Å². The topological polar surface area (TPSA) is 73.9 Å². The molecule has 2 aromatic heterocycles. The fraction of sp³-hybridized carbons (Fsp3) is 0.250. The summed E-state index contributed by atoms with van der Waals surface area (Å²) in [6.45, 7) is 3.77. The molecular formula is C28H25N5O. The number of H-pyrrole nitrogens is 1. The molecule has 0 radical (unpaired) electrons. The maximum Gasteiger partial charge on any atom is 0.253 e. The molecular weight excluding hydrogens is 422 g/mol. The van der Waals surface area contributed by atoms with Crippen LogP contribution < -0.4 is 5.32 Å². The lowest BCUT2D eigenvalue weighted by Gasteiger charge is -2.52. The van der Waals surface area contributed by atoms with Gasteiger partial charge >= 0.3 is 0 Å². The molecule has 4 heterocycles. The maximum absolute atomic E-state index is 13.1. The Balaban J connectivity index is 1.27. The van der Waals surface area contributed by atoms with Crippen molar-refractivity contribution < 1.29 is 4.79 Å². The van der Waals surface area contributed by atoms with Gasteiger partial charge in [-0.05, 0) is 61.2 Å². The van der Waals surface area contributed by atoms with Crippen LogP contribution in [-0.4, -0.2) is 52.2 Å². The number of aromatic amines is 1. The van der Waals surface area contributed by atoms with Gasteiger partial charge in [-0.25, -0.2) is 0 Å². The van der Waals surface area contributed by atoms with Gasteiger partial charge in [0.15, 0.2) is 0 Å². The van der Waals surface area contributed by atoms with Crippen LogP contribution in [0.4, 0.5) is 0 Å². The van der Waals surface area contributed by atoms with Crippen molar-refractivity contribution in [2.45, 2.75) is 12.8 Å². The van der Waals surface area contributed by atoms with E-state index in [1.807, 2.05) is 65.7 Å². The molecule has 2 aliphatic heterocycles. The van der Waals surface area contributed by atoms with Crippen molar-refractivity contribution in [2.75, 3.05) is 26.2 Å². The third-order valence-electron chi connectivity index (χ3n) is 6.92. The average Bonchev–Trinajstić information content (AvgIpc) is 3.29. The van der Waals surface area contributed by atoms with Gasteiger partial charge in [0.1, 0.15) is 5.69 Å². The molecule has 4 aromatic rings. The monoisotopic (exact) mass is 447 g/mol. The highest BCUT2D eigenvalue weighted by molar-refractivity contribution is 5.99. The van der Waals surface area contributed by atoms with Crippen LogP contribution in [-0.2, 0) is 0 Å². The van der Waals surface area contributed by atoms with E-state index in [0.717, 1.165) is 53.8 Å². The number of nitrogens with one attached hydrogen (secondary N) is 2. The van der Waals surface area contributed by atoms with Crippen molar-refractivity contribution in [3.63, 3.8) is 0 Å². The molecule has 0 atom stereocenters. The van der Waals surface area contributed by atoms with Gasteiger partial charge in [-0.3, -0.25) is 14.9 Å². The normalized spacial score (nSPS) is 16.6. The number of fused-ring (bicyclic) bond motifs is 1. The Morgan fingerprint density at radius 2 is 1.97 bits per heavy atom. The van der Waals surface area contributed by atoms with Gasteiger partial charge < -0.3 is 10.2 Å². The predicted octanol–water partition coefficient (Wildman–Crippen LogP) is 3.85. The minimum absolute atomic E-state index is 0.0835. The minimum Gasteiger partial charge on any atom is -0.337 e. The predicted molar refractivity (Wildman–Crippen MR) is 132 cm³/mol. The van der Waals surface area contributed by atoms with Crippen LogP contribution in [0.15, 0.2) is 67.0 Å². The Morgan fingerprint density at radius 3 is 2.79 bits per heavy atom. The van der Waals surface area contributed by atoms with Gasteiger partial charge in [0.05, 0.1) is 5.52 Å². The second-order valence-corrected chi connectivity index (χ2v) is 9.31. The summed E-state index contributed by atoms with van der Waals surface area (Å²) in [6.07, 6.45) is 5.99. The van der Waals surface area contributed by atoms with E-state index in [2.05, 4.69) is 32.3 Å². The molecule has 0 aliphatic carbocycles. The molecule has 2 N–H and O–H groups in total. The fourth-order valence-electron chi connectivity index (χ4n) is 5.12. The summed E-state index contributed by atoms with van der Waals surface area (Å²) in [5.74, 6) is 6.61. The van der Waals surface area contributed by atoms with Crippen molar-refractivity contribution in [1.29, 1.82) is 0 Å². The largest absolute Gasteiger partial charge is 0.337 e. The average molecular weight is 448 g/mol. The van der Waals surface area contributed by atoms with Crippen LogP contribution in [0.1, 0.15) is 34.5 Å². The number of carbonyl (C=O) groups excluding carboxylic acids is 1.